The third kappa shape index (κ3) is 3.73. The number of carbonyl (C=O) groups excluding carboxylic acids is 1. The van der Waals surface area contributed by atoms with Crippen LogP contribution in [0.2, 0.25) is 0 Å². The van der Waals surface area contributed by atoms with Gasteiger partial charge in [-0.2, -0.15) is 0 Å². The van der Waals surface area contributed by atoms with Crippen LogP contribution < -0.4 is 5.32 Å². The zero-order valence-corrected chi connectivity index (χ0v) is 9.24. The zero-order valence-electron chi connectivity index (χ0n) is 9.24. The fourth-order valence-electron chi connectivity index (χ4n) is 1.20. The van der Waals surface area contributed by atoms with E-state index in [0.29, 0.717) is 0 Å². The second kappa shape index (κ2) is 5.90. The molecule has 1 rings (SSSR count). The standard InChI is InChI=1S/C12H14FNO2/c1-9(14-7-6-12(15)16-2)10-4-3-5-11(13)8-10/h3-9,14H,1-2H3/b7-6+/t9-/m1/s1. The van der Waals surface area contributed by atoms with Crippen molar-refractivity contribution in [1.82, 2.24) is 5.32 Å². The van der Waals surface area contributed by atoms with Crippen LogP contribution >= 0.6 is 0 Å². The van der Waals surface area contributed by atoms with Gasteiger partial charge < -0.3 is 10.1 Å². The van der Waals surface area contributed by atoms with E-state index in [9.17, 15) is 9.18 Å². The minimum Gasteiger partial charge on any atom is -0.466 e. The van der Waals surface area contributed by atoms with Gasteiger partial charge in [-0.1, -0.05) is 12.1 Å². The van der Waals surface area contributed by atoms with Gasteiger partial charge in [0.05, 0.1) is 7.11 Å². The quantitative estimate of drug-likeness (QED) is 0.628. The maximum absolute atomic E-state index is 12.9. The molecule has 0 bridgehead atoms. The Morgan fingerprint density at radius 1 is 1.56 bits per heavy atom. The van der Waals surface area contributed by atoms with E-state index in [-0.39, 0.29) is 11.9 Å². The summed E-state index contributed by atoms with van der Waals surface area (Å²) in [6.45, 7) is 1.87. The number of carbonyl (C=O) groups is 1. The van der Waals surface area contributed by atoms with Crippen molar-refractivity contribution in [3.63, 3.8) is 0 Å². The van der Waals surface area contributed by atoms with Crippen LogP contribution in [0.25, 0.3) is 0 Å². The Balaban J connectivity index is 2.56. The number of hydrogen-bond acceptors (Lipinski definition) is 3. The molecule has 1 aromatic rings. The highest BCUT2D eigenvalue weighted by Gasteiger charge is 2.03. The minimum absolute atomic E-state index is 0.0726. The van der Waals surface area contributed by atoms with E-state index >= 15 is 0 Å². The molecule has 0 unspecified atom stereocenters. The number of hydrogen-bond donors (Lipinski definition) is 1. The van der Waals surface area contributed by atoms with Gasteiger partial charge in [-0.25, -0.2) is 9.18 Å². The van der Waals surface area contributed by atoms with Crippen LogP contribution in [0.4, 0.5) is 4.39 Å². The van der Waals surface area contributed by atoms with Gasteiger partial charge in [-0.3, -0.25) is 0 Å². The van der Waals surface area contributed by atoms with Crippen LogP contribution in [0.1, 0.15) is 18.5 Å². The highest BCUT2D eigenvalue weighted by atomic mass is 19.1. The van der Waals surface area contributed by atoms with Gasteiger partial charge in [0.1, 0.15) is 5.82 Å². The lowest BCUT2D eigenvalue weighted by Crippen LogP contribution is -2.12. The van der Waals surface area contributed by atoms with Crippen molar-refractivity contribution in [3.8, 4) is 0 Å². The van der Waals surface area contributed by atoms with E-state index in [4.69, 9.17) is 0 Å². The van der Waals surface area contributed by atoms with Crippen LogP contribution in [-0.2, 0) is 9.53 Å². The third-order valence-corrected chi connectivity index (χ3v) is 2.12. The van der Waals surface area contributed by atoms with Crippen molar-refractivity contribution in [2.75, 3.05) is 7.11 Å². The average Bonchev–Trinajstić information content (AvgIpc) is 2.28. The number of esters is 1. The number of nitrogens with one attached hydrogen (secondary N) is 1. The molecule has 0 aliphatic heterocycles. The predicted octanol–water partition coefficient (Wildman–Crippen LogP) is 2.16. The summed E-state index contributed by atoms with van der Waals surface area (Å²) in [5, 5.41) is 2.94. The van der Waals surface area contributed by atoms with E-state index in [1.807, 2.05) is 13.0 Å². The van der Waals surface area contributed by atoms with Crippen molar-refractivity contribution in [2.45, 2.75) is 13.0 Å². The van der Waals surface area contributed by atoms with Gasteiger partial charge in [-0.15, -0.1) is 0 Å². The Labute approximate surface area is 93.9 Å². The van der Waals surface area contributed by atoms with Crippen LogP contribution in [0.15, 0.2) is 36.5 Å². The molecule has 0 aliphatic carbocycles. The summed E-state index contributed by atoms with van der Waals surface area (Å²) in [7, 11) is 1.31. The maximum Gasteiger partial charge on any atom is 0.331 e. The fourth-order valence-corrected chi connectivity index (χ4v) is 1.20. The molecule has 0 fully saturated rings. The first kappa shape index (κ1) is 12.2. The van der Waals surface area contributed by atoms with Crippen LogP contribution in [0.3, 0.4) is 0 Å². The normalized spacial score (nSPS) is 12.4. The van der Waals surface area contributed by atoms with E-state index in [1.165, 1.54) is 31.5 Å². The number of rotatable bonds is 4. The second-order valence-corrected chi connectivity index (χ2v) is 3.30. The van der Waals surface area contributed by atoms with Crippen LogP contribution in [0, 0.1) is 5.82 Å². The number of benzene rings is 1. The van der Waals surface area contributed by atoms with E-state index in [0.717, 1.165) is 5.56 Å². The molecule has 1 aromatic carbocycles. The third-order valence-electron chi connectivity index (χ3n) is 2.12. The van der Waals surface area contributed by atoms with Crippen LogP contribution in [-0.4, -0.2) is 13.1 Å². The Morgan fingerprint density at radius 3 is 2.94 bits per heavy atom. The van der Waals surface area contributed by atoms with Gasteiger partial charge in [0.25, 0.3) is 0 Å². The van der Waals surface area contributed by atoms with Crippen molar-refractivity contribution in [1.29, 1.82) is 0 Å². The van der Waals surface area contributed by atoms with Crippen molar-refractivity contribution < 1.29 is 13.9 Å². The molecule has 4 heteroatoms. The van der Waals surface area contributed by atoms with Crippen molar-refractivity contribution in [3.05, 3.63) is 47.9 Å². The Hall–Kier alpha value is -1.84. The van der Waals surface area contributed by atoms with Gasteiger partial charge in [-0.05, 0) is 24.6 Å². The SMILES string of the molecule is COC(=O)/C=C/N[C@H](C)c1cccc(F)c1. The molecule has 0 saturated heterocycles. The maximum atomic E-state index is 12.9. The lowest BCUT2D eigenvalue weighted by atomic mass is 10.1. The summed E-state index contributed by atoms with van der Waals surface area (Å²) in [6.07, 6.45) is 2.76. The molecule has 0 amide bonds. The lowest BCUT2D eigenvalue weighted by Gasteiger charge is -2.11. The molecular formula is C12H14FNO2. The number of halogens is 1. The summed E-state index contributed by atoms with van der Waals surface area (Å²) in [5.74, 6) is -0.706. The number of methoxy groups -OCH3 is 1. The van der Waals surface area contributed by atoms with E-state index in [1.54, 1.807) is 6.07 Å². The molecule has 16 heavy (non-hydrogen) atoms. The van der Waals surface area contributed by atoms with E-state index in [2.05, 4.69) is 10.1 Å². The molecule has 0 heterocycles. The Bertz CT molecular complexity index is 390. The fraction of sp³-hybridized carbons (Fsp3) is 0.250. The molecule has 0 aliphatic rings. The first-order valence-electron chi connectivity index (χ1n) is 4.89. The monoisotopic (exact) mass is 223 g/mol. The van der Waals surface area contributed by atoms with Gasteiger partial charge in [0.2, 0.25) is 0 Å². The zero-order chi connectivity index (χ0) is 12.0. The summed E-state index contributed by atoms with van der Waals surface area (Å²) in [5.41, 5.74) is 0.814. The molecule has 0 radical (unpaired) electrons. The first-order valence-corrected chi connectivity index (χ1v) is 4.89. The van der Waals surface area contributed by atoms with Gasteiger partial charge in [0, 0.05) is 18.3 Å². The minimum atomic E-state index is -0.432. The molecular weight excluding hydrogens is 209 g/mol. The van der Waals surface area contributed by atoms with Gasteiger partial charge >= 0.3 is 5.97 Å². The van der Waals surface area contributed by atoms with Crippen molar-refractivity contribution >= 4 is 5.97 Å². The smallest absolute Gasteiger partial charge is 0.331 e. The highest BCUT2D eigenvalue weighted by Crippen LogP contribution is 2.12. The largest absolute Gasteiger partial charge is 0.466 e. The highest BCUT2D eigenvalue weighted by molar-refractivity contribution is 5.81. The first-order chi connectivity index (χ1) is 7.63. The predicted molar refractivity (Wildman–Crippen MR) is 59.1 cm³/mol. The molecule has 0 saturated carbocycles. The Kier molecular flexibility index (Phi) is 4.51. The summed E-state index contributed by atoms with van der Waals surface area (Å²) in [4.78, 5) is 10.8. The van der Waals surface area contributed by atoms with Crippen molar-refractivity contribution in [2.24, 2.45) is 0 Å². The second-order valence-electron chi connectivity index (χ2n) is 3.30. The average molecular weight is 223 g/mol. The molecule has 1 atom stereocenters. The topological polar surface area (TPSA) is 38.3 Å². The molecule has 0 spiro atoms. The summed E-state index contributed by atoms with van der Waals surface area (Å²) < 4.78 is 17.3. The van der Waals surface area contributed by atoms with Crippen LogP contribution in [0.5, 0.6) is 0 Å². The summed E-state index contributed by atoms with van der Waals surface area (Å²) in [6, 6.07) is 6.22. The molecule has 86 valence electrons. The van der Waals surface area contributed by atoms with Gasteiger partial charge in [0.15, 0.2) is 0 Å². The molecule has 1 N–H and O–H groups in total. The molecule has 0 aromatic heterocycles. The van der Waals surface area contributed by atoms with E-state index < -0.39 is 5.97 Å². The lowest BCUT2D eigenvalue weighted by molar-refractivity contribution is -0.134. The number of ether oxygens (including phenoxy) is 1. The molecule has 3 nitrogen and oxygen atoms in total. The summed E-state index contributed by atoms with van der Waals surface area (Å²) >= 11 is 0. The Morgan fingerprint density at radius 2 is 2.31 bits per heavy atom.